The number of rotatable bonds is 4. The summed E-state index contributed by atoms with van der Waals surface area (Å²) < 4.78 is 0. The molecule has 0 aliphatic rings. The Bertz CT molecular complexity index is 564. The van der Waals surface area contributed by atoms with E-state index in [-0.39, 0.29) is 11.5 Å². The highest BCUT2D eigenvalue weighted by Gasteiger charge is 2.12. The fourth-order valence-corrected chi connectivity index (χ4v) is 1.93. The summed E-state index contributed by atoms with van der Waals surface area (Å²) in [5.41, 5.74) is 2.19. The average Bonchev–Trinajstić information content (AvgIpc) is 2.39. The van der Waals surface area contributed by atoms with Gasteiger partial charge < -0.3 is 5.43 Å². The second-order valence-corrected chi connectivity index (χ2v) is 4.14. The van der Waals surface area contributed by atoms with Gasteiger partial charge >= 0.3 is 0 Å². The lowest BCUT2D eigenvalue weighted by molar-refractivity contribution is -0.385. The standard InChI is InChI=1S/C9H8N6O2S/c10-14-7-3-6(15(16)17)4-8(13-7)18-9-5-11-1-2-12-9/h1-5H,10H2,(H,13,14). The maximum absolute atomic E-state index is 10.7. The summed E-state index contributed by atoms with van der Waals surface area (Å²) >= 11 is 1.16. The molecule has 0 atom stereocenters. The van der Waals surface area contributed by atoms with Gasteiger partial charge in [-0.2, -0.15) is 0 Å². The van der Waals surface area contributed by atoms with Crippen LogP contribution in [0.5, 0.6) is 0 Å². The van der Waals surface area contributed by atoms with Crippen LogP contribution in [-0.2, 0) is 0 Å². The van der Waals surface area contributed by atoms with Crippen LogP contribution < -0.4 is 11.3 Å². The molecular formula is C9H8N6O2S. The lowest BCUT2D eigenvalue weighted by atomic mass is 10.4. The zero-order valence-electron chi connectivity index (χ0n) is 8.98. The Morgan fingerprint density at radius 1 is 1.33 bits per heavy atom. The predicted molar refractivity (Wildman–Crippen MR) is 64.9 cm³/mol. The van der Waals surface area contributed by atoms with E-state index in [1.165, 1.54) is 24.5 Å². The molecule has 0 spiro atoms. The number of aromatic nitrogens is 3. The smallest absolute Gasteiger partial charge is 0.275 e. The van der Waals surface area contributed by atoms with Crippen LogP contribution in [0, 0.1) is 10.1 Å². The summed E-state index contributed by atoms with van der Waals surface area (Å²) in [4.78, 5) is 22.3. The van der Waals surface area contributed by atoms with Crippen LogP contribution in [0.25, 0.3) is 0 Å². The van der Waals surface area contributed by atoms with E-state index in [0.717, 1.165) is 11.8 Å². The zero-order chi connectivity index (χ0) is 13.0. The molecule has 8 nitrogen and oxygen atoms in total. The Hall–Kier alpha value is -2.26. The molecule has 0 bridgehead atoms. The van der Waals surface area contributed by atoms with Crippen LogP contribution in [0.3, 0.4) is 0 Å². The third-order valence-electron chi connectivity index (χ3n) is 1.89. The summed E-state index contributed by atoms with van der Waals surface area (Å²) in [7, 11) is 0. The van der Waals surface area contributed by atoms with Gasteiger partial charge in [-0.25, -0.2) is 15.8 Å². The largest absolute Gasteiger partial charge is 0.308 e. The molecule has 2 rings (SSSR count). The Balaban J connectivity index is 2.32. The van der Waals surface area contributed by atoms with E-state index < -0.39 is 4.92 Å². The van der Waals surface area contributed by atoms with Crippen molar-refractivity contribution in [3.05, 3.63) is 40.8 Å². The van der Waals surface area contributed by atoms with Crippen molar-refractivity contribution in [2.24, 2.45) is 5.84 Å². The molecule has 0 amide bonds. The Kier molecular flexibility index (Phi) is 3.65. The first-order chi connectivity index (χ1) is 8.69. The lowest BCUT2D eigenvalue weighted by Crippen LogP contribution is -2.09. The predicted octanol–water partition coefficient (Wildman–Crippen LogP) is 1.22. The normalized spacial score (nSPS) is 10.1. The first kappa shape index (κ1) is 12.2. The average molecular weight is 264 g/mol. The minimum Gasteiger partial charge on any atom is -0.308 e. The fraction of sp³-hybridized carbons (Fsp3) is 0. The van der Waals surface area contributed by atoms with Crippen molar-refractivity contribution in [3.8, 4) is 0 Å². The Morgan fingerprint density at radius 2 is 2.17 bits per heavy atom. The number of anilines is 1. The first-order valence-corrected chi connectivity index (χ1v) is 5.57. The highest BCUT2D eigenvalue weighted by atomic mass is 32.2. The number of nitrogens with two attached hydrogens (primary N) is 1. The number of pyridine rings is 1. The molecule has 0 saturated heterocycles. The maximum atomic E-state index is 10.7. The molecule has 0 saturated carbocycles. The lowest BCUT2D eigenvalue weighted by Gasteiger charge is -2.03. The van der Waals surface area contributed by atoms with Crippen molar-refractivity contribution < 1.29 is 4.92 Å². The van der Waals surface area contributed by atoms with Crippen molar-refractivity contribution in [2.75, 3.05) is 5.43 Å². The van der Waals surface area contributed by atoms with E-state index in [1.807, 2.05) is 0 Å². The highest BCUT2D eigenvalue weighted by Crippen LogP contribution is 2.28. The van der Waals surface area contributed by atoms with Gasteiger partial charge in [0, 0.05) is 18.5 Å². The second kappa shape index (κ2) is 5.38. The molecule has 0 aromatic carbocycles. The quantitative estimate of drug-likeness (QED) is 0.480. The molecule has 2 heterocycles. The van der Waals surface area contributed by atoms with Crippen molar-refractivity contribution >= 4 is 23.3 Å². The van der Waals surface area contributed by atoms with Gasteiger partial charge in [-0.1, -0.05) is 0 Å². The summed E-state index contributed by atoms with van der Waals surface area (Å²) in [5.74, 6) is 5.43. The van der Waals surface area contributed by atoms with Crippen LogP contribution in [0.2, 0.25) is 0 Å². The molecule has 0 fully saturated rings. The van der Waals surface area contributed by atoms with Crippen molar-refractivity contribution in [3.63, 3.8) is 0 Å². The molecule has 0 aliphatic heterocycles. The minimum atomic E-state index is -0.511. The number of nitrogens with zero attached hydrogens (tertiary/aromatic N) is 4. The number of nitrogens with one attached hydrogen (secondary N) is 1. The van der Waals surface area contributed by atoms with E-state index >= 15 is 0 Å². The first-order valence-electron chi connectivity index (χ1n) is 4.76. The van der Waals surface area contributed by atoms with Crippen LogP contribution in [0.1, 0.15) is 0 Å². The molecule has 92 valence electrons. The van der Waals surface area contributed by atoms with Crippen molar-refractivity contribution in [1.82, 2.24) is 15.0 Å². The van der Waals surface area contributed by atoms with Gasteiger partial charge in [0.15, 0.2) is 0 Å². The fourth-order valence-electron chi connectivity index (χ4n) is 1.17. The number of nitro groups is 1. The SMILES string of the molecule is NNc1cc([N+](=O)[O-])cc(Sc2cnccn2)n1. The van der Waals surface area contributed by atoms with Gasteiger partial charge in [0.1, 0.15) is 15.9 Å². The van der Waals surface area contributed by atoms with Gasteiger partial charge in [0.25, 0.3) is 5.69 Å². The van der Waals surface area contributed by atoms with Crippen molar-refractivity contribution in [2.45, 2.75) is 10.1 Å². The molecule has 3 N–H and O–H groups in total. The van der Waals surface area contributed by atoms with E-state index in [1.54, 1.807) is 6.20 Å². The molecule has 2 aromatic rings. The summed E-state index contributed by atoms with van der Waals surface area (Å²) in [5, 5.41) is 11.8. The maximum Gasteiger partial charge on any atom is 0.275 e. The van der Waals surface area contributed by atoms with E-state index in [9.17, 15) is 10.1 Å². The highest BCUT2D eigenvalue weighted by molar-refractivity contribution is 7.99. The number of hydrogen-bond donors (Lipinski definition) is 2. The Labute approximate surface area is 106 Å². The summed E-state index contributed by atoms with van der Waals surface area (Å²) in [6, 6.07) is 2.60. The van der Waals surface area contributed by atoms with Crippen LogP contribution in [0.4, 0.5) is 11.5 Å². The third kappa shape index (κ3) is 2.90. The van der Waals surface area contributed by atoms with Crippen LogP contribution >= 0.6 is 11.8 Å². The summed E-state index contributed by atoms with van der Waals surface area (Å²) in [6.45, 7) is 0. The van der Waals surface area contributed by atoms with Crippen molar-refractivity contribution in [1.29, 1.82) is 0 Å². The van der Waals surface area contributed by atoms with Gasteiger partial charge in [0.2, 0.25) is 0 Å². The second-order valence-electron chi connectivity index (χ2n) is 3.10. The number of hydrogen-bond acceptors (Lipinski definition) is 8. The van der Waals surface area contributed by atoms with Gasteiger partial charge in [-0.15, -0.1) is 0 Å². The van der Waals surface area contributed by atoms with E-state index in [2.05, 4.69) is 20.4 Å². The molecule has 0 radical (unpaired) electrons. The molecule has 0 unspecified atom stereocenters. The van der Waals surface area contributed by atoms with E-state index in [0.29, 0.717) is 10.1 Å². The zero-order valence-corrected chi connectivity index (χ0v) is 9.79. The monoisotopic (exact) mass is 264 g/mol. The van der Waals surface area contributed by atoms with Crippen LogP contribution in [-0.4, -0.2) is 19.9 Å². The molecule has 18 heavy (non-hydrogen) atoms. The van der Waals surface area contributed by atoms with Gasteiger partial charge in [0.05, 0.1) is 17.2 Å². The number of nitrogen functional groups attached to an aromatic ring is 1. The van der Waals surface area contributed by atoms with Gasteiger partial charge in [-0.3, -0.25) is 15.1 Å². The van der Waals surface area contributed by atoms with E-state index in [4.69, 9.17) is 5.84 Å². The molecule has 2 aromatic heterocycles. The third-order valence-corrected chi connectivity index (χ3v) is 2.73. The molecule has 9 heteroatoms. The number of hydrazine groups is 1. The molecule has 0 aliphatic carbocycles. The van der Waals surface area contributed by atoms with Crippen LogP contribution in [0.15, 0.2) is 40.8 Å². The van der Waals surface area contributed by atoms with Gasteiger partial charge in [-0.05, 0) is 11.8 Å². The topological polar surface area (TPSA) is 120 Å². The Morgan fingerprint density at radius 3 is 2.78 bits per heavy atom. The minimum absolute atomic E-state index is 0.0932. The molecular weight excluding hydrogens is 256 g/mol. The summed E-state index contributed by atoms with van der Waals surface area (Å²) in [6.07, 6.45) is 4.61.